The molecular formula is C27H34O12. The predicted octanol–water partition coefficient (Wildman–Crippen LogP) is -0.0436. The molecule has 0 spiro atoms. The molecule has 4 rings (SSSR count). The molecule has 214 valence electrons. The highest BCUT2D eigenvalue weighted by Crippen LogP contribution is 2.40. The van der Waals surface area contributed by atoms with E-state index in [4.69, 9.17) is 28.4 Å². The monoisotopic (exact) mass is 550 g/mol. The summed E-state index contributed by atoms with van der Waals surface area (Å²) in [6, 6.07) is 9.94. The molecular weight excluding hydrogens is 516 g/mol. The van der Waals surface area contributed by atoms with Gasteiger partial charge in [0, 0.05) is 5.92 Å². The molecule has 8 atom stereocenters. The highest BCUT2D eigenvalue weighted by Gasteiger charge is 2.45. The first kappa shape index (κ1) is 28.9. The van der Waals surface area contributed by atoms with Gasteiger partial charge in [-0.2, -0.15) is 0 Å². The van der Waals surface area contributed by atoms with Gasteiger partial charge in [0.05, 0.1) is 46.6 Å². The van der Waals surface area contributed by atoms with Crippen molar-refractivity contribution in [3.8, 4) is 23.0 Å². The van der Waals surface area contributed by atoms with Crippen LogP contribution in [0.2, 0.25) is 0 Å². The fraction of sp³-hybridized carbons (Fsp3) is 0.519. The summed E-state index contributed by atoms with van der Waals surface area (Å²) in [6.45, 7) is -0.459. The third-order valence-corrected chi connectivity index (χ3v) is 7.13. The summed E-state index contributed by atoms with van der Waals surface area (Å²) in [5.41, 5.74) is 1.25. The second-order valence-electron chi connectivity index (χ2n) is 9.48. The van der Waals surface area contributed by atoms with Crippen LogP contribution in [0, 0.1) is 11.8 Å². The number of hydrogen-bond donors (Lipinski definition) is 5. The highest BCUT2D eigenvalue weighted by molar-refractivity contribution is 5.76. The van der Waals surface area contributed by atoms with Crippen molar-refractivity contribution in [3.63, 3.8) is 0 Å². The van der Waals surface area contributed by atoms with Crippen molar-refractivity contribution in [2.45, 2.75) is 43.2 Å². The van der Waals surface area contributed by atoms with E-state index in [1.54, 1.807) is 13.2 Å². The number of methoxy groups -OCH3 is 3. The van der Waals surface area contributed by atoms with Crippen molar-refractivity contribution in [3.05, 3.63) is 47.5 Å². The number of aliphatic hydroxyl groups excluding tert-OH is 5. The number of carbonyl (C=O) groups is 1. The zero-order chi connectivity index (χ0) is 28.3. The highest BCUT2D eigenvalue weighted by atomic mass is 16.7. The second-order valence-corrected chi connectivity index (χ2v) is 9.48. The van der Waals surface area contributed by atoms with Crippen molar-refractivity contribution in [1.82, 2.24) is 0 Å². The van der Waals surface area contributed by atoms with Crippen molar-refractivity contribution in [2.24, 2.45) is 11.8 Å². The maximum Gasteiger partial charge on any atom is 0.312 e. The molecule has 2 aromatic carbocycles. The Labute approximate surface area is 225 Å². The van der Waals surface area contributed by atoms with Gasteiger partial charge >= 0.3 is 5.97 Å². The summed E-state index contributed by atoms with van der Waals surface area (Å²) in [5.74, 6) is -0.290. The number of benzene rings is 2. The SMILES string of the molecule is COc1ccc(C[C@H]2COC(=O)[C@@H]2[C@@H](O)c2ccc(O[C@@H]3O[C@H](CO)[C@@H](O)[C@H](O)[C@H]3O)c(OC)c2)cc1OC. The first-order valence-electron chi connectivity index (χ1n) is 12.4. The zero-order valence-electron chi connectivity index (χ0n) is 21.8. The van der Waals surface area contributed by atoms with Crippen LogP contribution in [-0.4, -0.2) is 96.8 Å². The minimum absolute atomic E-state index is 0.105. The summed E-state index contributed by atoms with van der Waals surface area (Å²) in [4.78, 5) is 12.7. The Hall–Kier alpha value is -3.13. The summed E-state index contributed by atoms with van der Waals surface area (Å²) >= 11 is 0. The molecule has 5 N–H and O–H groups in total. The molecule has 0 aliphatic carbocycles. The van der Waals surface area contributed by atoms with Gasteiger partial charge in [0.2, 0.25) is 6.29 Å². The van der Waals surface area contributed by atoms with Crippen molar-refractivity contribution < 1.29 is 58.7 Å². The molecule has 12 heteroatoms. The van der Waals surface area contributed by atoms with Gasteiger partial charge < -0.3 is 54.0 Å². The topological polar surface area (TPSA) is 174 Å². The quantitative estimate of drug-likeness (QED) is 0.250. The van der Waals surface area contributed by atoms with Gasteiger partial charge in [0.1, 0.15) is 24.4 Å². The molecule has 0 unspecified atom stereocenters. The molecule has 2 saturated heterocycles. The number of esters is 1. The number of rotatable bonds is 10. The lowest BCUT2D eigenvalue weighted by Crippen LogP contribution is -2.60. The first-order valence-corrected chi connectivity index (χ1v) is 12.4. The Morgan fingerprint density at radius 1 is 0.897 bits per heavy atom. The van der Waals surface area contributed by atoms with Crippen LogP contribution in [0.4, 0.5) is 0 Å². The van der Waals surface area contributed by atoms with E-state index in [0.29, 0.717) is 23.5 Å². The predicted molar refractivity (Wildman–Crippen MR) is 134 cm³/mol. The Bertz CT molecular complexity index is 1140. The van der Waals surface area contributed by atoms with Gasteiger partial charge in [-0.1, -0.05) is 12.1 Å². The van der Waals surface area contributed by atoms with Gasteiger partial charge in [-0.25, -0.2) is 0 Å². The van der Waals surface area contributed by atoms with Crippen LogP contribution in [0.15, 0.2) is 36.4 Å². The van der Waals surface area contributed by atoms with Crippen molar-refractivity contribution >= 4 is 5.97 Å². The number of ether oxygens (including phenoxy) is 6. The van der Waals surface area contributed by atoms with Crippen LogP contribution in [0.5, 0.6) is 23.0 Å². The zero-order valence-corrected chi connectivity index (χ0v) is 21.8. The Balaban J connectivity index is 1.52. The number of hydrogen-bond acceptors (Lipinski definition) is 12. The van der Waals surface area contributed by atoms with Crippen LogP contribution >= 0.6 is 0 Å². The minimum Gasteiger partial charge on any atom is -0.493 e. The molecule has 0 aromatic heterocycles. The Kier molecular flexibility index (Phi) is 9.15. The standard InChI is InChI=1S/C27H34O12/c1-34-16-6-4-13(9-18(16)35-2)8-15-12-37-26(33)21(15)22(29)14-5-7-17(19(10-14)36-3)38-27-25(32)24(31)23(30)20(11-28)39-27/h4-7,9-10,15,20-25,27-32H,8,11-12H2,1-3H3/t15-,20+,21-,22-,23+,24-,25+,27+/m0/s1. The molecule has 2 aliphatic heterocycles. The maximum atomic E-state index is 12.7. The largest absolute Gasteiger partial charge is 0.493 e. The van der Waals surface area contributed by atoms with Gasteiger partial charge in [0.15, 0.2) is 23.0 Å². The fourth-order valence-corrected chi connectivity index (χ4v) is 4.93. The summed E-state index contributed by atoms with van der Waals surface area (Å²) in [7, 11) is 4.45. The van der Waals surface area contributed by atoms with Crippen LogP contribution in [0.1, 0.15) is 17.2 Å². The smallest absolute Gasteiger partial charge is 0.312 e. The van der Waals surface area contributed by atoms with Gasteiger partial charge in [-0.3, -0.25) is 4.79 Å². The number of aliphatic hydroxyl groups is 5. The average molecular weight is 551 g/mol. The lowest BCUT2D eigenvalue weighted by atomic mass is 9.83. The van der Waals surface area contributed by atoms with Gasteiger partial charge in [-0.05, 0) is 41.8 Å². The minimum atomic E-state index is -1.61. The Morgan fingerprint density at radius 2 is 1.56 bits per heavy atom. The van der Waals surface area contributed by atoms with Gasteiger partial charge in [-0.15, -0.1) is 0 Å². The molecule has 12 nitrogen and oxygen atoms in total. The average Bonchev–Trinajstić information content (AvgIpc) is 3.32. The van der Waals surface area contributed by atoms with E-state index in [2.05, 4.69) is 0 Å². The molecule has 2 aromatic rings. The summed E-state index contributed by atoms with van der Waals surface area (Å²) in [6.07, 6.45) is -8.07. The fourth-order valence-electron chi connectivity index (χ4n) is 4.93. The normalized spacial score (nSPS) is 29.4. The Morgan fingerprint density at radius 3 is 2.23 bits per heavy atom. The van der Waals surface area contributed by atoms with Crippen molar-refractivity contribution in [1.29, 1.82) is 0 Å². The third kappa shape index (κ3) is 5.91. The number of cyclic esters (lactones) is 1. The summed E-state index contributed by atoms with van der Waals surface area (Å²) in [5, 5.41) is 50.9. The van der Waals surface area contributed by atoms with Gasteiger partial charge in [0.25, 0.3) is 0 Å². The lowest BCUT2D eigenvalue weighted by Gasteiger charge is -2.39. The van der Waals surface area contributed by atoms with E-state index in [1.807, 2.05) is 12.1 Å². The molecule has 0 bridgehead atoms. The van der Waals surface area contributed by atoms with Crippen molar-refractivity contribution in [2.75, 3.05) is 34.5 Å². The van der Waals surface area contributed by atoms with E-state index >= 15 is 0 Å². The molecule has 2 heterocycles. The maximum absolute atomic E-state index is 12.7. The van der Waals surface area contributed by atoms with E-state index in [-0.39, 0.29) is 24.0 Å². The molecule has 0 radical (unpaired) electrons. The van der Waals surface area contributed by atoms with E-state index in [1.165, 1.54) is 32.4 Å². The molecule has 2 fully saturated rings. The van der Waals surface area contributed by atoms with E-state index < -0.39 is 55.3 Å². The molecule has 0 amide bonds. The second kappa shape index (κ2) is 12.4. The first-order chi connectivity index (χ1) is 18.7. The van der Waals surface area contributed by atoms with E-state index in [0.717, 1.165) is 5.56 Å². The molecule has 39 heavy (non-hydrogen) atoms. The van der Waals surface area contributed by atoms with Crippen LogP contribution in [-0.2, 0) is 20.7 Å². The van der Waals surface area contributed by atoms with Crippen LogP contribution < -0.4 is 18.9 Å². The molecule has 2 aliphatic rings. The molecule has 0 saturated carbocycles. The van der Waals surface area contributed by atoms with E-state index in [9.17, 15) is 30.3 Å². The number of carbonyl (C=O) groups excluding carboxylic acids is 1. The van der Waals surface area contributed by atoms with Crippen LogP contribution in [0.25, 0.3) is 0 Å². The lowest BCUT2D eigenvalue weighted by molar-refractivity contribution is -0.277. The van der Waals surface area contributed by atoms with Crippen LogP contribution in [0.3, 0.4) is 0 Å². The third-order valence-electron chi connectivity index (χ3n) is 7.13. The summed E-state index contributed by atoms with van der Waals surface area (Å²) < 4.78 is 32.4.